The summed E-state index contributed by atoms with van der Waals surface area (Å²) in [6.07, 6.45) is 2.36. The second kappa shape index (κ2) is 3.49. The number of hydrogen-bond donors (Lipinski definition) is 1. The van der Waals surface area contributed by atoms with Crippen LogP contribution in [-0.4, -0.2) is 20.5 Å². The van der Waals surface area contributed by atoms with Crippen LogP contribution in [0.15, 0.2) is 0 Å². The molecule has 15 heavy (non-hydrogen) atoms. The van der Waals surface area contributed by atoms with Crippen molar-refractivity contribution < 1.29 is 5.11 Å². The standard InChI is InChI=1S/C11H17ClN2O/c1-7-4-11(15,5-7)6-9-10(12)8(2)13-14(9)3/h7,15H,4-6H2,1-3H3. The van der Waals surface area contributed by atoms with Crippen LogP contribution in [0.25, 0.3) is 0 Å². The summed E-state index contributed by atoms with van der Waals surface area (Å²) in [7, 11) is 1.87. The topological polar surface area (TPSA) is 38.0 Å². The van der Waals surface area contributed by atoms with E-state index in [0.717, 1.165) is 24.2 Å². The molecule has 1 fully saturated rings. The first-order valence-electron chi connectivity index (χ1n) is 5.32. The van der Waals surface area contributed by atoms with Gasteiger partial charge in [-0.25, -0.2) is 0 Å². The molecule has 0 bridgehead atoms. The zero-order chi connectivity index (χ0) is 11.2. The molecule has 2 rings (SSSR count). The zero-order valence-electron chi connectivity index (χ0n) is 9.42. The third-order valence-corrected chi connectivity index (χ3v) is 3.71. The quantitative estimate of drug-likeness (QED) is 0.842. The van der Waals surface area contributed by atoms with Crippen LogP contribution in [0.4, 0.5) is 0 Å². The van der Waals surface area contributed by atoms with E-state index in [1.807, 2.05) is 14.0 Å². The number of aryl methyl sites for hydroxylation is 2. The molecule has 0 radical (unpaired) electrons. The molecule has 1 aliphatic carbocycles. The maximum Gasteiger partial charge on any atom is 0.0848 e. The second-order valence-electron chi connectivity index (χ2n) is 4.88. The van der Waals surface area contributed by atoms with Gasteiger partial charge >= 0.3 is 0 Å². The molecule has 84 valence electrons. The average molecular weight is 229 g/mol. The number of aromatic nitrogens is 2. The van der Waals surface area contributed by atoms with Crippen molar-refractivity contribution in [3.63, 3.8) is 0 Å². The molecule has 0 unspecified atom stereocenters. The van der Waals surface area contributed by atoms with Crippen molar-refractivity contribution >= 4 is 11.6 Å². The van der Waals surface area contributed by atoms with Gasteiger partial charge in [-0.2, -0.15) is 5.10 Å². The van der Waals surface area contributed by atoms with Gasteiger partial charge in [-0.05, 0) is 25.7 Å². The molecule has 4 heteroatoms. The first-order valence-corrected chi connectivity index (χ1v) is 5.69. The van der Waals surface area contributed by atoms with E-state index in [-0.39, 0.29) is 0 Å². The Morgan fingerprint density at radius 3 is 2.60 bits per heavy atom. The lowest BCUT2D eigenvalue weighted by Gasteiger charge is -2.42. The van der Waals surface area contributed by atoms with E-state index in [1.165, 1.54) is 0 Å². The van der Waals surface area contributed by atoms with E-state index in [1.54, 1.807) is 4.68 Å². The molecule has 1 N–H and O–H groups in total. The van der Waals surface area contributed by atoms with E-state index >= 15 is 0 Å². The fourth-order valence-electron chi connectivity index (χ4n) is 2.57. The summed E-state index contributed by atoms with van der Waals surface area (Å²) >= 11 is 6.14. The van der Waals surface area contributed by atoms with Crippen LogP contribution < -0.4 is 0 Å². The molecular weight excluding hydrogens is 212 g/mol. The summed E-state index contributed by atoms with van der Waals surface area (Å²) in [5.74, 6) is 0.628. The lowest BCUT2D eigenvalue weighted by Crippen LogP contribution is -2.44. The number of nitrogens with zero attached hydrogens (tertiary/aromatic N) is 2. The van der Waals surface area contributed by atoms with Crippen LogP contribution in [0.3, 0.4) is 0 Å². The first kappa shape index (κ1) is 11.0. The predicted octanol–water partition coefficient (Wildman–Crippen LogP) is 2.09. The van der Waals surface area contributed by atoms with E-state index in [0.29, 0.717) is 17.4 Å². The third-order valence-electron chi connectivity index (χ3n) is 3.21. The average Bonchev–Trinajstić information content (AvgIpc) is 2.30. The highest BCUT2D eigenvalue weighted by Gasteiger charge is 2.41. The number of aliphatic hydroxyl groups is 1. The maximum atomic E-state index is 10.2. The van der Waals surface area contributed by atoms with Crippen LogP contribution in [-0.2, 0) is 13.5 Å². The molecule has 0 aliphatic heterocycles. The summed E-state index contributed by atoms with van der Waals surface area (Å²) < 4.78 is 1.78. The Balaban J connectivity index is 2.17. The van der Waals surface area contributed by atoms with Gasteiger partial charge in [0.05, 0.1) is 22.0 Å². The monoisotopic (exact) mass is 228 g/mol. The van der Waals surface area contributed by atoms with Crippen LogP contribution in [0.2, 0.25) is 5.02 Å². The second-order valence-corrected chi connectivity index (χ2v) is 5.26. The number of rotatable bonds is 2. The van der Waals surface area contributed by atoms with Crippen LogP contribution >= 0.6 is 11.6 Å². The Bertz CT molecular complexity index is 380. The van der Waals surface area contributed by atoms with Crippen molar-refractivity contribution in [3.05, 3.63) is 16.4 Å². The highest BCUT2D eigenvalue weighted by atomic mass is 35.5. The minimum absolute atomic E-state index is 0.552. The van der Waals surface area contributed by atoms with Crippen molar-refractivity contribution in [2.24, 2.45) is 13.0 Å². The Morgan fingerprint density at radius 1 is 1.60 bits per heavy atom. The van der Waals surface area contributed by atoms with Gasteiger partial charge in [0.1, 0.15) is 0 Å². The molecule has 0 atom stereocenters. The summed E-state index contributed by atoms with van der Waals surface area (Å²) in [4.78, 5) is 0. The highest BCUT2D eigenvalue weighted by molar-refractivity contribution is 6.31. The Labute approximate surface area is 95.0 Å². The smallest absolute Gasteiger partial charge is 0.0848 e. The van der Waals surface area contributed by atoms with Crippen molar-refractivity contribution in [3.8, 4) is 0 Å². The van der Waals surface area contributed by atoms with Crippen molar-refractivity contribution in [2.45, 2.75) is 38.7 Å². The van der Waals surface area contributed by atoms with Crippen molar-refractivity contribution in [1.29, 1.82) is 0 Å². The minimum Gasteiger partial charge on any atom is -0.389 e. The van der Waals surface area contributed by atoms with Gasteiger partial charge in [-0.15, -0.1) is 0 Å². The Kier molecular flexibility index (Phi) is 2.55. The van der Waals surface area contributed by atoms with Crippen LogP contribution in [0.5, 0.6) is 0 Å². The van der Waals surface area contributed by atoms with Crippen LogP contribution in [0.1, 0.15) is 31.2 Å². The third kappa shape index (κ3) is 1.91. The number of hydrogen-bond acceptors (Lipinski definition) is 2. The fourth-order valence-corrected chi connectivity index (χ4v) is 2.79. The fraction of sp³-hybridized carbons (Fsp3) is 0.727. The molecule has 0 aromatic carbocycles. The molecule has 1 saturated carbocycles. The summed E-state index contributed by atoms with van der Waals surface area (Å²) in [5, 5.41) is 15.1. The predicted molar refractivity (Wildman–Crippen MR) is 60.0 cm³/mol. The van der Waals surface area contributed by atoms with E-state index in [4.69, 9.17) is 11.6 Å². The molecule has 0 spiro atoms. The van der Waals surface area contributed by atoms with Gasteiger partial charge in [-0.3, -0.25) is 4.68 Å². The Morgan fingerprint density at radius 2 is 2.20 bits per heavy atom. The van der Waals surface area contributed by atoms with Gasteiger partial charge in [0.25, 0.3) is 0 Å². The molecule has 0 amide bonds. The molecular formula is C11H17ClN2O. The summed E-state index contributed by atoms with van der Waals surface area (Å²) in [6.45, 7) is 4.05. The van der Waals surface area contributed by atoms with E-state index < -0.39 is 5.60 Å². The Hall–Kier alpha value is -0.540. The maximum absolute atomic E-state index is 10.2. The SMILES string of the molecule is Cc1nn(C)c(CC2(O)CC(C)C2)c1Cl. The molecule has 1 heterocycles. The first-order chi connectivity index (χ1) is 6.91. The van der Waals surface area contributed by atoms with Gasteiger partial charge in [-0.1, -0.05) is 18.5 Å². The van der Waals surface area contributed by atoms with Gasteiger partial charge < -0.3 is 5.11 Å². The van der Waals surface area contributed by atoms with Gasteiger partial charge in [0.15, 0.2) is 0 Å². The minimum atomic E-state index is -0.552. The summed E-state index contributed by atoms with van der Waals surface area (Å²) in [6, 6.07) is 0. The molecule has 1 aliphatic rings. The molecule has 1 aromatic rings. The largest absolute Gasteiger partial charge is 0.389 e. The van der Waals surface area contributed by atoms with Crippen molar-refractivity contribution in [1.82, 2.24) is 9.78 Å². The number of halogens is 1. The zero-order valence-corrected chi connectivity index (χ0v) is 10.2. The van der Waals surface area contributed by atoms with Gasteiger partial charge in [0.2, 0.25) is 0 Å². The van der Waals surface area contributed by atoms with E-state index in [9.17, 15) is 5.11 Å². The van der Waals surface area contributed by atoms with E-state index in [2.05, 4.69) is 12.0 Å². The molecule has 0 saturated heterocycles. The van der Waals surface area contributed by atoms with Crippen molar-refractivity contribution in [2.75, 3.05) is 0 Å². The van der Waals surface area contributed by atoms with Gasteiger partial charge in [0, 0.05) is 13.5 Å². The van der Waals surface area contributed by atoms with Crippen LogP contribution in [0, 0.1) is 12.8 Å². The summed E-state index contributed by atoms with van der Waals surface area (Å²) in [5.41, 5.74) is 1.23. The highest BCUT2D eigenvalue weighted by Crippen LogP contribution is 2.40. The normalized spacial score (nSPS) is 30.3. The lowest BCUT2D eigenvalue weighted by atomic mass is 9.70. The molecule has 3 nitrogen and oxygen atoms in total. The molecule has 1 aromatic heterocycles. The lowest BCUT2D eigenvalue weighted by molar-refractivity contribution is -0.0677.